The van der Waals surface area contributed by atoms with Crippen LogP contribution in [0.1, 0.15) is 27.2 Å². The van der Waals surface area contributed by atoms with Crippen molar-refractivity contribution in [1.82, 2.24) is 0 Å². The molecule has 25 heavy (non-hydrogen) atoms. The Kier molecular flexibility index (Phi) is 5.20. The molecule has 2 rings (SSSR count). The Morgan fingerprint density at radius 1 is 1.36 bits per heavy atom. The molecule has 1 heterocycles. The third-order valence-corrected chi connectivity index (χ3v) is 5.03. The van der Waals surface area contributed by atoms with Gasteiger partial charge in [0, 0.05) is 25.3 Å². The first-order chi connectivity index (χ1) is 11.6. The summed E-state index contributed by atoms with van der Waals surface area (Å²) < 4.78 is 16.1. The molecule has 0 aromatic rings. The maximum absolute atomic E-state index is 12.1. The molecule has 0 aromatic carbocycles. The molecule has 0 spiro atoms. The highest BCUT2D eigenvalue weighted by atomic mass is 16.6. The Balaban J connectivity index is 2.40. The van der Waals surface area contributed by atoms with Crippen LogP contribution in [0.2, 0.25) is 0 Å². The predicted molar refractivity (Wildman–Crippen MR) is 90.2 cm³/mol. The van der Waals surface area contributed by atoms with Gasteiger partial charge < -0.3 is 14.2 Å². The van der Waals surface area contributed by atoms with Crippen LogP contribution in [0.3, 0.4) is 0 Å². The third-order valence-electron chi connectivity index (χ3n) is 5.03. The Morgan fingerprint density at radius 2 is 2.00 bits per heavy atom. The first-order valence-electron chi connectivity index (χ1n) is 8.12. The molecule has 0 radical (unpaired) electrons. The highest BCUT2D eigenvalue weighted by molar-refractivity contribution is 5.91. The molecular formula is C19H24O6. The monoisotopic (exact) mass is 348 g/mol. The first kappa shape index (κ1) is 19.0. The van der Waals surface area contributed by atoms with Crippen LogP contribution in [-0.2, 0) is 28.6 Å². The Labute approximate surface area is 147 Å². The zero-order valence-electron chi connectivity index (χ0n) is 14.9. The Bertz CT molecular complexity index is 648. The molecule has 1 saturated heterocycles. The summed E-state index contributed by atoms with van der Waals surface area (Å²) in [5.74, 6) is -2.14. The van der Waals surface area contributed by atoms with E-state index in [0.717, 1.165) is 0 Å². The minimum atomic E-state index is -0.593. The van der Waals surface area contributed by atoms with E-state index in [1.807, 2.05) is 6.92 Å². The summed E-state index contributed by atoms with van der Waals surface area (Å²) in [6.45, 7) is 16.3. The minimum Gasteiger partial charge on any atom is -0.462 e. The lowest BCUT2D eigenvalue weighted by molar-refractivity contribution is -0.161. The van der Waals surface area contributed by atoms with Gasteiger partial charge in [0.2, 0.25) is 0 Å². The quantitative estimate of drug-likeness (QED) is 0.328. The molecule has 5 atom stereocenters. The minimum absolute atomic E-state index is 0.0227. The average molecular weight is 348 g/mol. The number of ether oxygens (including phenoxy) is 3. The van der Waals surface area contributed by atoms with Crippen LogP contribution in [0.5, 0.6) is 0 Å². The maximum atomic E-state index is 12.1. The van der Waals surface area contributed by atoms with E-state index in [9.17, 15) is 14.4 Å². The van der Waals surface area contributed by atoms with Gasteiger partial charge in [0.1, 0.15) is 18.8 Å². The fourth-order valence-corrected chi connectivity index (χ4v) is 3.90. The standard InChI is InChI=1S/C19H24O6/c1-7-19(6)8-14(24-13(5)21)15-11(3)18(22)25-17(15)16(19)10(2)9-23-12(4)20/h7,14-17H,1-3,8-9H2,4-6H3. The normalized spacial score (nSPS) is 33.9. The molecule has 0 aromatic heterocycles. The van der Waals surface area contributed by atoms with E-state index in [1.165, 1.54) is 13.8 Å². The lowest BCUT2D eigenvalue weighted by Gasteiger charge is -2.48. The van der Waals surface area contributed by atoms with Gasteiger partial charge >= 0.3 is 17.9 Å². The topological polar surface area (TPSA) is 78.9 Å². The zero-order valence-corrected chi connectivity index (χ0v) is 14.9. The van der Waals surface area contributed by atoms with Gasteiger partial charge in [-0.1, -0.05) is 26.2 Å². The van der Waals surface area contributed by atoms with Crippen molar-refractivity contribution in [2.24, 2.45) is 17.3 Å². The van der Waals surface area contributed by atoms with Gasteiger partial charge in [-0.15, -0.1) is 6.58 Å². The van der Waals surface area contributed by atoms with Crippen molar-refractivity contribution in [3.63, 3.8) is 0 Å². The molecule has 136 valence electrons. The highest BCUT2D eigenvalue weighted by Gasteiger charge is 2.58. The van der Waals surface area contributed by atoms with Crippen molar-refractivity contribution in [2.45, 2.75) is 39.4 Å². The number of hydrogen-bond donors (Lipinski definition) is 0. The summed E-state index contributed by atoms with van der Waals surface area (Å²) in [4.78, 5) is 34.7. The molecule has 2 fully saturated rings. The molecule has 1 aliphatic carbocycles. The van der Waals surface area contributed by atoms with Crippen LogP contribution in [0.25, 0.3) is 0 Å². The SMILES string of the molecule is C=CC1(C)CC(OC(C)=O)C2C(=C)C(=O)OC2C1C(=C)COC(C)=O. The van der Waals surface area contributed by atoms with Crippen molar-refractivity contribution >= 4 is 17.9 Å². The Hall–Kier alpha value is -2.37. The fourth-order valence-electron chi connectivity index (χ4n) is 3.90. The summed E-state index contributed by atoms with van der Waals surface area (Å²) in [5, 5.41) is 0. The molecule has 1 aliphatic heterocycles. The largest absolute Gasteiger partial charge is 0.462 e. The summed E-state index contributed by atoms with van der Waals surface area (Å²) in [6.07, 6.45) is 1.06. The van der Waals surface area contributed by atoms with Gasteiger partial charge in [0.05, 0.1) is 5.92 Å². The van der Waals surface area contributed by atoms with Crippen LogP contribution >= 0.6 is 0 Å². The number of carbonyl (C=O) groups is 3. The van der Waals surface area contributed by atoms with Crippen molar-refractivity contribution in [1.29, 1.82) is 0 Å². The second-order valence-corrected chi connectivity index (χ2v) is 6.90. The second kappa shape index (κ2) is 6.86. The van der Waals surface area contributed by atoms with Gasteiger partial charge in [0.25, 0.3) is 0 Å². The number of esters is 3. The van der Waals surface area contributed by atoms with Crippen molar-refractivity contribution in [2.75, 3.05) is 6.61 Å². The van der Waals surface area contributed by atoms with Gasteiger partial charge in [-0.25, -0.2) is 4.79 Å². The van der Waals surface area contributed by atoms with E-state index in [-0.39, 0.29) is 18.1 Å². The van der Waals surface area contributed by atoms with E-state index < -0.39 is 41.4 Å². The maximum Gasteiger partial charge on any atom is 0.334 e. The molecule has 0 amide bonds. The molecule has 0 N–H and O–H groups in total. The molecule has 6 nitrogen and oxygen atoms in total. The fraction of sp³-hybridized carbons (Fsp3) is 0.526. The summed E-state index contributed by atoms with van der Waals surface area (Å²) in [6, 6.07) is 0. The smallest absolute Gasteiger partial charge is 0.334 e. The van der Waals surface area contributed by atoms with Crippen LogP contribution in [0, 0.1) is 17.3 Å². The molecular weight excluding hydrogens is 324 g/mol. The van der Waals surface area contributed by atoms with Gasteiger partial charge in [0.15, 0.2) is 0 Å². The number of hydrogen-bond acceptors (Lipinski definition) is 6. The van der Waals surface area contributed by atoms with Gasteiger partial charge in [-0.05, 0) is 17.4 Å². The summed E-state index contributed by atoms with van der Waals surface area (Å²) in [7, 11) is 0. The molecule has 2 aliphatic rings. The number of carbonyl (C=O) groups excluding carboxylic acids is 3. The van der Waals surface area contributed by atoms with Crippen LogP contribution in [-0.4, -0.2) is 36.7 Å². The van der Waals surface area contributed by atoms with E-state index in [1.54, 1.807) is 6.08 Å². The second-order valence-electron chi connectivity index (χ2n) is 6.90. The molecule has 5 unspecified atom stereocenters. The van der Waals surface area contributed by atoms with Crippen molar-refractivity contribution in [3.05, 3.63) is 37.0 Å². The third kappa shape index (κ3) is 3.52. The molecule has 1 saturated carbocycles. The number of fused-ring (bicyclic) bond motifs is 1. The number of allylic oxidation sites excluding steroid dienone is 1. The highest BCUT2D eigenvalue weighted by Crippen LogP contribution is 2.53. The van der Waals surface area contributed by atoms with Gasteiger partial charge in [-0.2, -0.15) is 0 Å². The molecule has 6 heteroatoms. The van der Waals surface area contributed by atoms with Crippen molar-refractivity contribution < 1.29 is 28.6 Å². The predicted octanol–water partition coefficient (Wildman–Crippen LogP) is 2.35. The number of rotatable bonds is 5. The van der Waals surface area contributed by atoms with Crippen LogP contribution in [0.15, 0.2) is 37.0 Å². The zero-order chi connectivity index (χ0) is 18.9. The van der Waals surface area contributed by atoms with Crippen molar-refractivity contribution in [3.8, 4) is 0 Å². The van der Waals surface area contributed by atoms with Gasteiger partial charge in [-0.3, -0.25) is 9.59 Å². The average Bonchev–Trinajstić information content (AvgIpc) is 2.79. The van der Waals surface area contributed by atoms with E-state index in [2.05, 4.69) is 19.7 Å². The lowest BCUT2D eigenvalue weighted by Crippen LogP contribution is -2.51. The van der Waals surface area contributed by atoms with Crippen LogP contribution < -0.4 is 0 Å². The van der Waals surface area contributed by atoms with E-state index in [0.29, 0.717) is 12.0 Å². The molecule has 0 bridgehead atoms. The first-order valence-corrected chi connectivity index (χ1v) is 8.12. The Morgan fingerprint density at radius 3 is 2.52 bits per heavy atom. The van der Waals surface area contributed by atoms with E-state index in [4.69, 9.17) is 14.2 Å². The lowest BCUT2D eigenvalue weighted by atomic mass is 9.59. The van der Waals surface area contributed by atoms with E-state index >= 15 is 0 Å². The van der Waals surface area contributed by atoms with Crippen LogP contribution in [0.4, 0.5) is 0 Å². The summed E-state index contributed by atoms with van der Waals surface area (Å²) >= 11 is 0. The summed E-state index contributed by atoms with van der Waals surface area (Å²) in [5.41, 5.74) is 0.354.